The van der Waals surface area contributed by atoms with E-state index in [1.807, 2.05) is 0 Å². The van der Waals surface area contributed by atoms with Crippen molar-refractivity contribution in [3.05, 3.63) is 48.1 Å². The second-order valence-corrected chi connectivity index (χ2v) is 3.27. The molecule has 1 rings (SSSR count). The van der Waals surface area contributed by atoms with Crippen molar-refractivity contribution < 1.29 is 83.7 Å². The number of benzene rings is 1. The van der Waals surface area contributed by atoms with Gasteiger partial charge in [-0.2, -0.15) is 0 Å². The van der Waals surface area contributed by atoms with Crippen molar-refractivity contribution in [3.63, 3.8) is 0 Å². The van der Waals surface area contributed by atoms with Crippen LogP contribution in [0.1, 0.15) is 5.56 Å². The first-order valence-corrected chi connectivity index (χ1v) is 4.99. The Morgan fingerprint density at radius 1 is 1.10 bits per heavy atom. The summed E-state index contributed by atoms with van der Waals surface area (Å²) in [6, 6.07) is 6.37. The molecule has 0 aliphatic heterocycles. The molecule has 0 aromatic heterocycles. The van der Waals surface area contributed by atoms with E-state index in [0.717, 1.165) is 18.2 Å². The zero-order valence-corrected chi connectivity index (χ0v) is 15.6. The number of rotatable bonds is 5. The maximum Gasteiger partial charge on any atom is 1.00 e. The third-order valence-electron chi connectivity index (χ3n) is 2.07. The minimum Gasteiger partial charge on any atom is -0.872 e. The van der Waals surface area contributed by atoms with Crippen LogP contribution in [0.3, 0.4) is 0 Å². The fraction of sp³-hybridized carbons (Fsp3) is 0.0769. The van der Waals surface area contributed by atoms with E-state index in [9.17, 15) is 19.8 Å². The van der Waals surface area contributed by atoms with E-state index in [2.05, 4.69) is 0 Å². The van der Waals surface area contributed by atoms with Gasteiger partial charge >= 0.3 is 59.1 Å². The smallest absolute Gasteiger partial charge is 0.872 e. The molecule has 0 saturated carbocycles. The van der Waals surface area contributed by atoms with Crippen LogP contribution in [-0.4, -0.2) is 18.9 Å². The number of ether oxygens (including phenoxy) is 1. The zero-order chi connectivity index (χ0) is 13.5. The monoisotopic (exact) mass is 292 g/mol. The van der Waals surface area contributed by atoms with Gasteiger partial charge in [0, 0.05) is 0 Å². The molecule has 1 aromatic rings. The van der Waals surface area contributed by atoms with Crippen molar-refractivity contribution in [2.75, 3.05) is 7.11 Å². The fourth-order valence-electron chi connectivity index (χ4n) is 1.14. The topological polar surface area (TPSA) is 89.5 Å². The van der Waals surface area contributed by atoms with Gasteiger partial charge in [-0.05, 0) is 23.8 Å². The number of allylic oxidation sites excluding steroid dienone is 2. The van der Waals surface area contributed by atoms with Crippen molar-refractivity contribution in [2.45, 2.75) is 0 Å². The Kier molecular flexibility index (Phi) is 12.1. The molecule has 0 atom stereocenters. The van der Waals surface area contributed by atoms with Crippen molar-refractivity contribution in [2.24, 2.45) is 0 Å². The summed E-state index contributed by atoms with van der Waals surface area (Å²) >= 11 is 0. The van der Waals surface area contributed by atoms with E-state index in [1.54, 1.807) is 24.3 Å². The number of hydrogen-bond donors (Lipinski definition) is 0. The van der Waals surface area contributed by atoms with Crippen molar-refractivity contribution in [3.8, 4) is 5.75 Å². The fourth-order valence-corrected chi connectivity index (χ4v) is 1.14. The SMILES string of the molecule is COc1ccc(/C([O-])=C/C=C/C(=O)C(=O)[O-])cc1.[Na+].[Na+]. The van der Waals surface area contributed by atoms with Crippen molar-refractivity contribution in [1.29, 1.82) is 0 Å². The van der Waals surface area contributed by atoms with E-state index in [0.29, 0.717) is 11.3 Å². The first-order chi connectivity index (χ1) is 8.54. The van der Waals surface area contributed by atoms with Gasteiger partial charge in [-0.1, -0.05) is 24.3 Å². The summed E-state index contributed by atoms with van der Waals surface area (Å²) in [7, 11) is 1.51. The average Bonchev–Trinajstić information content (AvgIpc) is 2.38. The molecular formula is C13H10Na2O5. The Labute approximate surface area is 160 Å². The maximum absolute atomic E-state index is 11.6. The average molecular weight is 292 g/mol. The molecule has 0 saturated heterocycles. The molecule has 20 heavy (non-hydrogen) atoms. The standard InChI is InChI=1S/C13H12O5.2Na/c1-18-10-7-5-9(6-8-10)11(14)3-2-4-12(15)13(16)17;;/h2-8,14H,1H3,(H,16,17);;/q;2*+1/p-2/b4-2+,11-3-;;. The van der Waals surface area contributed by atoms with Crippen LogP contribution < -0.4 is 74.1 Å². The second-order valence-electron chi connectivity index (χ2n) is 3.27. The van der Waals surface area contributed by atoms with Gasteiger partial charge in [0.1, 0.15) is 11.7 Å². The van der Waals surface area contributed by atoms with Gasteiger partial charge in [0.25, 0.3) is 0 Å². The van der Waals surface area contributed by atoms with Crippen molar-refractivity contribution in [1.82, 2.24) is 0 Å². The van der Waals surface area contributed by atoms with Gasteiger partial charge < -0.3 is 19.7 Å². The number of aliphatic carboxylic acids is 1. The minimum atomic E-state index is -1.81. The van der Waals surface area contributed by atoms with Gasteiger partial charge in [0.15, 0.2) is 0 Å². The third-order valence-corrected chi connectivity index (χ3v) is 2.07. The number of hydrogen-bond acceptors (Lipinski definition) is 5. The third kappa shape index (κ3) is 7.28. The predicted molar refractivity (Wildman–Crippen MR) is 60.1 cm³/mol. The molecule has 0 aliphatic rings. The van der Waals surface area contributed by atoms with Crippen LogP contribution in [0.25, 0.3) is 5.76 Å². The van der Waals surface area contributed by atoms with E-state index in [1.165, 1.54) is 7.11 Å². The van der Waals surface area contributed by atoms with Crippen LogP contribution in [0, 0.1) is 0 Å². The molecule has 0 unspecified atom stereocenters. The molecule has 0 aliphatic carbocycles. The molecule has 0 fully saturated rings. The van der Waals surface area contributed by atoms with Gasteiger partial charge in [-0.25, -0.2) is 0 Å². The quantitative estimate of drug-likeness (QED) is 0.177. The predicted octanol–water partition coefficient (Wildman–Crippen LogP) is -6.72. The summed E-state index contributed by atoms with van der Waals surface area (Å²) in [5.41, 5.74) is 0.404. The molecule has 0 heterocycles. The van der Waals surface area contributed by atoms with E-state index in [-0.39, 0.29) is 64.9 Å². The summed E-state index contributed by atoms with van der Waals surface area (Å²) in [5.74, 6) is -2.72. The van der Waals surface area contributed by atoms with Gasteiger partial charge in [0.2, 0.25) is 5.78 Å². The van der Waals surface area contributed by atoms with Crippen LogP contribution >= 0.6 is 0 Å². The Hall–Kier alpha value is -0.560. The molecule has 94 valence electrons. The van der Waals surface area contributed by atoms with E-state index < -0.39 is 11.8 Å². The van der Waals surface area contributed by atoms with Gasteiger partial charge in [-0.15, -0.1) is 5.76 Å². The molecule has 0 spiro atoms. The molecule has 7 heteroatoms. The minimum absolute atomic E-state index is 0. The van der Waals surface area contributed by atoms with Crippen LogP contribution in [0.2, 0.25) is 0 Å². The first kappa shape index (κ1) is 21.7. The maximum atomic E-state index is 11.6. The summed E-state index contributed by atoms with van der Waals surface area (Å²) in [4.78, 5) is 20.7. The summed E-state index contributed by atoms with van der Waals surface area (Å²) in [6.45, 7) is 0. The summed E-state index contributed by atoms with van der Waals surface area (Å²) < 4.78 is 4.94. The molecular weight excluding hydrogens is 282 g/mol. The number of ketones is 1. The van der Waals surface area contributed by atoms with Gasteiger partial charge in [0.05, 0.1) is 7.11 Å². The number of methoxy groups -OCH3 is 1. The Morgan fingerprint density at radius 2 is 1.65 bits per heavy atom. The number of carboxylic acids is 1. The zero-order valence-electron chi connectivity index (χ0n) is 11.6. The van der Waals surface area contributed by atoms with Crippen LogP contribution in [-0.2, 0) is 9.59 Å². The van der Waals surface area contributed by atoms with E-state index >= 15 is 0 Å². The number of carbonyl (C=O) groups is 2. The Balaban J connectivity index is 0. The number of carbonyl (C=O) groups excluding carboxylic acids is 2. The Morgan fingerprint density at radius 3 is 2.10 bits per heavy atom. The second kappa shape index (κ2) is 11.1. The normalized spacial score (nSPS) is 10.3. The summed E-state index contributed by atoms with van der Waals surface area (Å²) in [6.07, 6.45) is 2.93. The largest absolute Gasteiger partial charge is 1.00 e. The van der Waals surface area contributed by atoms with Crippen LogP contribution in [0.15, 0.2) is 42.5 Å². The van der Waals surface area contributed by atoms with Crippen molar-refractivity contribution >= 4 is 17.5 Å². The molecule has 0 N–H and O–H groups in total. The molecule has 1 aromatic carbocycles. The molecule has 0 amide bonds. The first-order valence-electron chi connectivity index (χ1n) is 4.99. The Bertz CT molecular complexity index is 506. The van der Waals surface area contributed by atoms with Gasteiger partial charge in [-0.3, -0.25) is 4.79 Å². The van der Waals surface area contributed by atoms with Crippen LogP contribution in [0.5, 0.6) is 5.75 Å². The molecule has 0 radical (unpaired) electrons. The molecule has 5 nitrogen and oxygen atoms in total. The van der Waals surface area contributed by atoms with E-state index in [4.69, 9.17) is 4.74 Å². The summed E-state index contributed by atoms with van der Waals surface area (Å²) in [5, 5.41) is 21.7. The molecule has 0 bridgehead atoms. The van der Waals surface area contributed by atoms with Crippen LogP contribution in [0.4, 0.5) is 0 Å². The number of carboxylic acid groups (broad SMARTS) is 1.